The van der Waals surface area contributed by atoms with Crippen molar-refractivity contribution in [3.63, 3.8) is 0 Å². The number of rotatable bonds is 24. The van der Waals surface area contributed by atoms with Crippen LogP contribution in [0.4, 0.5) is 0 Å². The van der Waals surface area contributed by atoms with Crippen LogP contribution in [0.1, 0.15) is 123 Å². The largest absolute Gasteiger partial charge is 0.462 e. The van der Waals surface area contributed by atoms with E-state index < -0.39 is 12.2 Å². The molecule has 1 rings (SSSR count). The second kappa shape index (κ2) is 23.4. The fraction of sp³-hybridized carbons (Fsp3) is 0.871. The molecule has 0 aromatic rings. The van der Waals surface area contributed by atoms with Gasteiger partial charge in [0, 0.05) is 12.8 Å². The molecule has 1 aliphatic heterocycles. The quantitative estimate of drug-likeness (QED) is 0.0947. The number of hydrogen-bond donors (Lipinski definition) is 2. The molecule has 0 radical (unpaired) electrons. The number of esters is 1. The van der Waals surface area contributed by atoms with E-state index in [1.165, 1.54) is 45.4 Å². The molecule has 1 aliphatic rings. The zero-order chi connectivity index (χ0) is 27.8. The van der Waals surface area contributed by atoms with Gasteiger partial charge in [0.2, 0.25) is 0 Å². The third-order valence-electron chi connectivity index (χ3n) is 6.89. The van der Waals surface area contributed by atoms with E-state index in [2.05, 4.69) is 18.8 Å². The molecule has 7 nitrogen and oxygen atoms in total. The van der Waals surface area contributed by atoms with Crippen molar-refractivity contribution in [1.82, 2.24) is 0 Å². The average Bonchev–Trinajstić information content (AvgIpc) is 3.22. The van der Waals surface area contributed by atoms with Gasteiger partial charge in [-0.15, -0.1) is 5.92 Å². The van der Waals surface area contributed by atoms with E-state index in [1.54, 1.807) is 0 Å². The lowest BCUT2D eigenvalue weighted by atomic mass is 9.97. The highest BCUT2D eigenvalue weighted by molar-refractivity contribution is 5.83. The maximum atomic E-state index is 11.8. The number of ether oxygens (including phenoxy) is 3. The first kappa shape index (κ1) is 34.6. The second-order valence-corrected chi connectivity index (χ2v) is 10.8. The molecular formula is C31H54O7. The summed E-state index contributed by atoms with van der Waals surface area (Å²) in [4.78, 5) is 23.0. The van der Waals surface area contributed by atoms with Gasteiger partial charge < -0.3 is 29.2 Å². The van der Waals surface area contributed by atoms with E-state index in [-0.39, 0.29) is 30.4 Å². The van der Waals surface area contributed by atoms with E-state index >= 15 is 0 Å². The van der Waals surface area contributed by atoms with Gasteiger partial charge in [-0.2, -0.15) is 0 Å². The molecule has 7 heteroatoms. The van der Waals surface area contributed by atoms with Crippen LogP contribution in [0.25, 0.3) is 0 Å². The highest BCUT2D eigenvalue weighted by Gasteiger charge is 2.34. The minimum Gasteiger partial charge on any atom is -0.462 e. The lowest BCUT2D eigenvalue weighted by Crippen LogP contribution is -2.19. The summed E-state index contributed by atoms with van der Waals surface area (Å²) in [5.74, 6) is 5.43. The van der Waals surface area contributed by atoms with E-state index in [0.717, 1.165) is 57.8 Å². The van der Waals surface area contributed by atoms with E-state index in [4.69, 9.17) is 14.2 Å². The van der Waals surface area contributed by atoms with Crippen molar-refractivity contribution in [2.24, 2.45) is 5.92 Å². The van der Waals surface area contributed by atoms with Gasteiger partial charge in [-0.25, -0.2) is 0 Å². The molecule has 0 aromatic heterocycles. The van der Waals surface area contributed by atoms with Crippen molar-refractivity contribution in [3.05, 3.63) is 0 Å². The van der Waals surface area contributed by atoms with Crippen LogP contribution in [-0.2, 0) is 23.8 Å². The molecule has 0 aromatic carbocycles. The fourth-order valence-corrected chi connectivity index (χ4v) is 4.71. The number of unbranched alkanes of at least 4 members (excludes halogenated alkanes) is 11. The number of carbonyl (C=O) groups excluding carboxylic acids is 2. The number of aliphatic hydroxyl groups excluding tert-OH is 2. The summed E-state index contributed by atoms with van der Waals surface area (Å²) in [5, 5.41) is 19.9. The Hall–Kier alpha value is -1.46. The van der Waals surface area contributed by atoms with Crippen molar-refractivity contribution < 1.29 is 34.0 Å². The number of aliphatic hydroxyl groups is 2. The summed E-state index contributed by atoms with van der Waals surface area (Å²) in [6.45, 7) is 5.01. The Morgan fingerprint density at radius 3 is 2.29 bits per heavy atom. The van der Waals surface area contributed by atoms with Gasteiger partial charge in [0.25, 0.3) is 0 Å². The van der Waals surface area contributed by atoms with Gasteiger partial charge in [0.15, 0.2) is 0 Å². The number of ketones is 1. The topological polar surface area (TPSA) is 102 Å². The predicted octanol–water partition coefficient (Wildman–Crippen LogP) is 5.53. The van der Waals surface area contributed by atoms with Crippen molar-refractivity contribution in [2.75, 3.05) is 26.4 Å². The second-order valence-electron chi connectivity index (χ2n) is 10.8. The smallest absolute Gasteiger partial charge is 0.309 e. The van der Waals surface area contributed by atoms with Gasteiger partial charge in [-0.05, 0) is 39.0 Å². The molecule has 0 amide bonds. The Labute approximate surface area is 231 Å². The van der Waals surface area contributed by atoms with Gasteiger partial charge >= 0.3 is 5.97 Å². The first-order chi connectivity index (χ1) is 18.4. The molecule has 38 heavy (non-hydrogen) atoms. The summed E-state index contributed by atoms with van der Waals surface area (Å²) >= 11 is 0. The lowest BCUT2D eigenvalue weighted by molar-refractivity contribution is -0.145. The molecule has 1 heterocycles. The Morgan fingerprint density at radius 1 is 0.947 bits per heavy atom. The van der Waals surface area contributed by atoms with Crippen LogP contribution in [0.3, 0.4) is 0 Å². The normalized spacial score (nSPS) is 18.6. The van der Waals surface area contributed by atoms with Crippen LogP contribution in [0.5, 0.6) is 0 Å². The van der Waals surface area contributed by atoms with Crippen molar-refractivity contribution in [3.8, 4) is 11.8 Å². The zero-order valence-electron chi connectivity index (χ0n) is 24.1. The number of carbonyl (C=O) groups is 2. The molecule has 1 saturated heterocycles. The minimum absolute atomic E-state index is 0.0284. The first-order valence-electron chi connectivity index (χ1n) is 15.1. The molecule has 0 spiro atoms. The molecule has 220 valence electrons. The van der Waals surface area contributed by atoms with Gasteiger partial charge in [0.05, 0.1) is 38.4 Å². The van der Waals surface area contributed by atoms with Crippen LogP contribution in [0.2, 0.25) is 0 Å². The van der Waals surface area contributed by atoms with Crippen LogP contribution in [0, 0.1) is 17.8 Å². The van der Waals surface area contributed by atoms with Gasteiger partial charge in [-0.3, -0.25) is 4.79 Å². The molecule has 2 N–H and O–H groups in total. The Balaban J connectivity index is 1.87. The van der Waals surface area contributed by atoms with Crippen LogP contribution in [0.15, 0.2) is 0 Å². The third-order valence-corrected chi connectivity index (χ3v) is 6.89. The molecule has 4 atom stereocenters. The van der Waals surface area contributed by atoms with Crippen LogP contribution < -0.4 is 0 Å². The number of cyclic esters (lactones) is 1. The third kappa shape index (κ3) is 19.6. The maximum Gasteiger partial charge on any atom is 0.309 e. The average molecular weight is 539 g/mol. The lowest BCUT2D eigenvalue weighted by Gasteiger charge is -2.11. The van der Waals surface area contributed by atoms with E-state index in [9.17, 15) is 19.8 Å². The zero-order valence-corrected chi connectivity index (χ0v) is 24.1. The molecule has 0 aliphatic carbocycles. The summed E-state index contributed by atoms with van der Waals surface area (Å²) in [6.07, 6.45) is 16.1. The predicted molar refractivity (Wildman–Crippen MR) is 150 cm³/mol. The summed E-state index contributed by atoms with van der Waals surface area (Å²) in [6, 6.07) is 0. The minimum atomic E-state index is -0.793. The van der Waals surface area contributed by atoms with Crippen LogP contribution >= 0.6 is 0 Å². The number of Topliss-reactive ketones (excluding diaryl/α,β-unsaturated/α-hetero) is 1. The van der Waals surface area contributed by atoms with Gasteiger partial charge in [-0.1, -0.05) is 77.1 Å². The number of hydrogen-bond acceptors (Lipinski definition) is 7. The maximum absolute atomic E-state index is 11.8. The van der Waals surface area contributed by atoms with Gasteiger partial charge in [0.1, 0.15) is 18.0 Å². The SMILES string of the molecule is CCCCCCCCC[C@@H](O)COCCOC[C@@H](O)C#CCCCCCCC[C@@H]1CC(CC(C)=O)C(=O)O1. The van der Waals surface area contributed by atoms with Crippen molar-refractivity contribution >= 4 is 11.8 Å². The van der Waals surface area contributed by atoms with Crippen molar-refractivity contribution in [2.45, 2.75) is 141 Å². The van der Waals surface area contributed by atoms with Crippen LogP contribution in [-0.4, -0.2) is 66.7 Å². The highest BCUT2D eigenvalue weighted by Crippen LogP contribution is 2.27. The monoisotopic (exact) mass is 538 g/mol. The molecular weight excluding hydrogens is 484 g/mol. The summed E-state index contributed by atoms with van der Waals surface area (Å²) < 4.78 is 16.3. The first-order valence-corrected chi connectivity index (χ1v) is 15.1. The Bertz CT molecular complexity index is 669. The summed E-state index contributed by atoms with van der Waals surface area (Å²) in [5.41, 5.74) is 0. The van der Waals surface area contributed by atoms with Crippen molar-refractivity contribution in [1.29, 1.82) is 0 Å². The highest BCUT2D eigenvalue weighted by atomic mass is 16.6. The molecule has 0 saturated carbocycles. The Kier molecular flexibility index (Phi) is 21.3. The molecule has 1 unspecified atom stereocenters. The Morgan fingerprint density at radius 2 is 1.58 bits per heavy atom. The molecule has 1 fully saturated rings. The van der Waals surface area contributed by atoms with E-state index in [1.807, 2.05) is 0 Å². The standard InChI is InChI=1S/C31H54O7/c1-3-4-5-6-8-11-14-17-28(33)24-36-20-21-37-25-29(34)18-15-12-9-7-10-13-16-19-30-23-27(22-26(2)32)31(35)38-30/h27-30,33-34H,3-14,16-17,19-25H2,1-2H3/t27?,28-,29+,30-/m1/s1. The summed E-state index contributed by atoms with van der Waals surface area (Å²) in [7, 11) is 0. The van der Waals surface area contributed by atoms with E-state index in [0.29, 0.717) is 32.7 Å². The fourth-order valence-electron chi connectivity index (χ4n) is 4.71. The molecule has 0 bridgehead atoms.